The topological polar surface area (TPSA) is 171 Å². The number of para-hydroxylation sites is 1. The molecule has 0 aliphatic carbocycles. The first kappa shape index (κ1) is 31.2. The van der Waals surface area contributed by atoms with Crippen molar-refractivity contribution in [2.24, 2.45) is 0 Å². The minimum atomic E-state index is -3.96. The Kier molecular flexibility index (Phi) is 8.35. The number of aryl methyl sites for hydroxylation is 2. The first-order valence-corrected chi connectivity index (χ1v) is 16.3. The van der Waals surface area contributed by atoms with E-state index in [1.807, 2.05) is 57.2 Å². The molecule has 0 amide bonds. The molecule has 0 aliphatic heterocycles. The molecule has 6 aromatic rings. The summed E-state index contributed by atoms with van der Waals surface area (Å²) in [5.74, 6) is 1.46. The molecule has 6 rings (SSSR count). The molecule has 4 aromatic heterocycles. The van der Waals surface area contributed by atoms with Gasteiger partial charge in [-0.2, -0.15) is 5.10 Å². The number of methoxy groups -OCH3 is 1. The number of hydrogen-bond donors (Lipinski definition) is 3. The molecule has 1 atom stereocenters. The second-order valence-electron chi connectivity index (χ2n) is 10.8. The SMILES string of the molecule is CCc1ncc(-c2c(N)ncnc2NC(C)c2nn3ccc(C)c3c(=O)n2-c2ccccc2)cc1NS(=O)(=O)c1ccc(OC)cc1. The molecule has 0 spiro atoms. The summed E-state index contributed by atoms with van der Waals surface area (Å²) in [5, 5.41) is 8.18. The van der Waals surface area contributed by atoms with Crippen molar-refractivity contribution in [1.29, 1.82) is 0 Å². The van der Waals surface area contributed by atoms with Crippen LogP contribution >= 0.6 is 0 Å². The molecule has 4 N–H and O–H groups in total. The number of hydrogen-bond acceptors (Lipinski definition) is 10. The first-order chi connectivity index (χ1) is 22.6. The quantitative estimate of drug-likeness (QED) is 0.187. The number of rotatable bonds is 10. The third-order valence-electron chi connectivity index (χ3n) is 7.75. The second-order valence-corrected chi connectivity index (χ2v) is 12.5. The molecule has 13 nitrogen and oxygen atoms in total. The van der Waals surface area contributed by atoms with Gasteiger partial charge >= 0.3 is 0 Å². The van der Waals surface area contributed by atoms with Crippen LogP contribution in [0.2, 0.25) is 0 Å². The van der Waals surface area contributed by atoms with E-state index >= 15 is 0 Å². The second kappa shape index (κ2) is 12.6. The Morgan fingerprint density at radius 3 is 2.47 bits per heavy atom. The predicted molar refractivity (Wildman–Crippen MR) is 180 cm³/mol. The number of ether oxygens (including phenoxy) is 1. The van der Waals surface area contributed by atoms with Crippen molar-refractivity contribution in [2.75, 3.05) is 22.9 Å². The molecular formula is C33H33N9O4S. The Bertz CT molecular complexity index is 2250. The van der Waals surface area contributed by atoms with Crippen LogP contribution in [0, 0.1) is 6.92 Å². The number of nitrogens with two attached hydrogens (primary N) is 1. The summed E-state index contributed by atoms with van der Waals surface area (Å²) in [6, 6.07) is 18.3. The van der Waals surface area contributed by atoms with Gasteiger partial charge in [0.1, 0.15) is 29.2 Å². The van der Waals surface area contributed by atoms with Gasteiger partial charge in [0, 0.05) is 18.0 Å². The number of sulfonamides is 1. The van der Waals surface area contributed by atoms with Crippen molar-refractivity contribution in [1.82, 2.24) is 29.1 Å². The van der Waals surface area contributed by atoms with Gasteiger partial charge in [-0.15, -0.1) is 0 Å². The van der Waals surface area contributed by atoms with Crippen LogP contribution in [-0.2, 0) is 16.4 Å². The van der Waals surface area contributed by atoms with Gasteiger partial charge in [0.05, 0.1) is 40.7 Å². The Morgan fingerprint density at radius 2 is 1.77 bits per heavy atom. The van der Waals surface area contributed by atoms with Crippen molar-refractivity contribution in [3.05, 3.63) is 113 Å². The van der Waals surface area contributed by atoms with Gasteiger partial charge in [0.25, 0.3) is 15.6 Å². The maximum Gasteiger partial charge on any atom is 0.282 e. The summed E-state index contributed by atoms with van der Waals surface area (Å²) < 4.78 is 37.7. The molecule has 240 valence electrons. The van der Waals surface area contributed by atoms with Gasteiger partial charge < -0.3 is 15.8 Å². The molecule has 14 heteroatoms. The molecule has 2 aromatic carbocycles. The van der Waals surface area contributed by atoms with Gasteiger partial charge in [-0.1, -0.05) is 25.1 Å². The number of nitrogens with zero attached hydrogens (tertiary/aromatic N) is 6. The van der Waals surface area contributed by atoms with Crippen LogP contribution in [0.3, 0.4) is 0 Å². The Labute approximate surface area is 271 Å². The molecule has 0 aliphatic rings. The lowest BCUT2D eigenvalue weighted by Gasteiger charge is -2.21. The number of fused-ring (bicyclic) bond motifs is 1. The van der Waals surface area contributed by atoms with Crippen LogP contribution in [0.15, 0.2) is 95.1 Å². The highest BCUT2D eigenvalue weighted by atomic mass is 32.2. The van der Waals surface area contributed by atoms with Crippen molar-refractivity contribution in [2.45, 2.75) is 38.1 Å². The van der Waals surface area contributed by atoms with Crippen molar-refractivity contribution < 1.29 is 13.2 Å². The first-order valence-electron chi connectivity index (χ1n) is 14.8. The van der Waals surface area contributed by atoms with E-state index < -0.39 is 16.1 Å². The monoisotopic (exact) mass is 651 g/mol. The zero-order chi connectivity index (χ0) is 33.3. The third kappa shape index (κ3) is 5.97. The molecule has 47 heavy (non-hydrogen) atoms. The molecule has 1 unspecified atom stereocenters. The van der Waals surface area contributed by atoms with Gasteiger partial charge in [-0.3, -0.25) is 19.1 Å². The lowest BCUT2D eigenvalue weighted by molar-refractivity contribution is 0.414. The van der Waals surface area contributed by atoms with Crippen LogP contribution in [0.5, 0.6) is 5.75 Å². The van der Waals surface area contributed by atoms with E-state index in [2.05, 4.69) is 25.0 Å². The highest BCUT2D eigenvalue weighted by Gasteiger charge is 2.23. The molecule has 0 saturated carbocycles. The van der Waals surface area contributed by atoms with Gasteiger partial charge in [0.15, 0.2) is 5.82 Å². The smallest absolute Gasteiger partial charge is 0.282 e. The summed E-state index contributed by atoms with van der Waals surface area (Å²) in [7, 11) is -2.45. The lowest BCUT2D eigenvalue weighted by Crippen LogP contribution is -2.29. The molecule has 0 fully saturated rings. The van der Waals surface area contributed by atoms with E-state index in [0.717, 1.165) is 5.56 Å². The average Bonchev–Trinajstić information content (AvgIpc) is 3.45. The van der Waals surface area contributed by atoms with Gasteiger partial charge in [-0.05, 0) is 74.4 Å². The minimum absolute atomic E-state index is 0.0660. The fourth-order valence-corrected chi connectivity index (χ4v) is 6.44. The molecule has 0 bridgehead atoms. The van der Waals surface area contributed by atoms with E-state index in [-0.39, 0.29) is 22.0 Å². The van der Waals surface area contributed by atoms with Crippen LogP contribution in [0.25, 0.3) is 22.3 Å². The number of pyridine rings is 1. The maximum atomic E-state index is 13.8. The van der Waals surface area contributed by atoms with Crippen molar-refractivity contribution >= 4 is 32.9 Å². The summed E-state index contributed by atoms with van der Waals surface area (Å²) >= 11 is 0. The molecule has 0 saturated heterocycles. The zero-order valence-electron chi connectivity index (χ0n) is 26.2. The summed E-state index contributed by atoms with van der Waals surface area (Å²) in [6.07, 6.45) is 5.14. The van der Waals surface area contributed by atoms with E-state index in [4.69, 9.17) is 15.6 Å². The van der Waals surface area contributed by atoms with E-state index in [1.54, 1.807) is 39.7 Å². The normalized spacial score (nSPS) is 12.2. The maximum absolute atomic E-state index is 13.8. The number of nitrogens with one attached hydrogen (secondary N) is 2. The van der Waals surface area contributed by atoms with E-state index in [9.17, 15) is 13.2 Å². The Morgan fingerprint density at radius 1 is 1.02 bits per heavy atom. The Hall–Kier alpha value is -5.76. The zero-order valence-corrected chi connectivity index (χ0v) is 27.0. The van der Waals surface area contributed by atoms with Crippen molar-refractivity contribution in [3.8, 4) is 22.6 Å². The average molecular weight is 652 g/mol. The third-order valence-corrected chi connectivity index (χ3v) is 9.13. The standard InChI is InChI=1S/C33H33N9O4S/c1-5-26-27(40-47(44,45)25-13-11-24(46-4)12-14-25)17-22(18-35-26)28-30(34)36-19-37-31(28)38-21(3)32-39-41-16-15-20(2)29(41)33(43)42(32)23-9-7-6-8-10-23/h6-19,21,40H,5H2,1-4H3,(H3,34,36,37,38). The summed E-state index contributed by atoms with van der Waals surface area (Å²) in [6.45, 7) is 5.61. The highest BCUT2D eigenvalue weighted by molar-refractivity contribution is 7.92. The predicted octanol–water partition coefficient (Wildman–Crippen LogP) is 4.77. The number of benzene rings is 2. The lowest BCUT2D eigenvalue weighted by atomic mass is 10.1. The van der Waals surface area contributed by atoms with Crippen LogP contribution in [-0.4, -0.2) is 44.7 Å². The number of nitrogen functional groups attached to an aromatic ring is 1. The van der Waals surface area contributed by atoms with E-state index in [0.29, 0.717) is 51.8 Å². The van der Waals surface area contributed by atoms with Crippen molar-refractivity contribution in [3.63, 3.8) is 0 Å². The summed E-state index contributed by atoms with van der Waals surface area (Å²) in [4.78, 5) is 27.1. The largest absolute Gasteiger partial charge is 0.497 e. The molecule has 4 heterocycles. The molecular weight excluding hydrogens is 618 g/mol. The fourth-order valence-electron chi connectivity index (χ4n) is 5.36. The van der Waals surface area contributed by atoms with Gasteiger partial charge in [-0.25, -0.2) is 22.9 Å². The van der Waals surface area contributed by atoms with Crippen LogP contribution in [0.4, 0.5) is 17.3 Å². The molecule has 0 radical (unpaired) electrons. The highest BCUT2D eigenvalue weighted by Crippen LogP contribution is 2.35. The fraction of sp³-hybridized carbons (Fsp3) is 0.182. The minimum Gasteiger partial charge on any atom is -0.497 e. The number of aromatic nitrogens is 6. The van der Waals surface area contributed by atoms with Crippen LogP contribution < -0.4 is 26.1 Å². The summed E-state index contributed by atoms with van der Waals surface area (Å²) in [5.41, 5.74) is 9.86. The van der Waals surface area contributed by atoms with Gasteiger partial charge in [0.2, 0.25) is 0 Å². The van der Waals surface area contributed by atoms with E-state index in [1.165, 1.54) is 25.6 Å². The number of anilines is 3. The Balaban J connectivity index is 1.41. The van der Waals surface area contributed by atoms with Crippen LogP contribution in [0.1, 0.15) is 37.0 Å².